The summed E-state index contributed by atoms with van der Waals surface area (Å²) in [7, 11) is 0. The van der Waals surface area contributed by atoms with Crippen molar-refractivity contribution in [3.05, 3.63) is 24.3 Å². The van der Waals surface area contributed by atoms with Gasteiger partial charge in [0.05, 0.1) is 0 Å². The highest BCUT2D eigenvalue weighted by molar-refractivity contribution is 5.87. The number of carbonyl (C=O) groups is 1. The van der Waals surface area contributed by atoms with Crippen molar-refractivity contribution in [3.8, 4) is 0 Å². The van der Waals surface area contributed by atoms with Gasteiger partial charge in [0, 0.05) is 5.57 Å². The highest BCUT2D eigenvalue weighted by atomic mass is 17.1. The second kappa shape index (κ2) is 5.57. The van der Waals surface area contributed by atoms with Gasteiger partial charge in [0.15, 0.2) is 5.60 Å². The molecule has 4 heteroatoms. The molecule has 0 aliphatic rings. The molecule has 0 bridgehead atoms. The average Bonchev–Trinajstić information content (AvgIpc) is 2.24. The van der Waals surface area contributed by atoms with Crippen molar-refractivity contribution in [3.63, 3.8) is 0 Å². The van der Waals surface area contributed by atoms with E-state index in [0.29, 0.717) is 5.57 Å². The first-order valence-corrected chi connectivity index (χ1v) is 4.25. The van der Waals surface area contributed by atoms with Crippen LogP contribution in [0.3, 0.4) is 0 Å². The molecule has 0 rings (SSSR count). The molecule has 14 heavy (non-hydrogen) atoms. The summed E-state index contributed by atoms with van der Waals surface area (Å²) >= 11 is 0. The lowest BCUT2D eigenvalue weighted by molar-refractivity contribution is -0.309. The maximum atomic E-state index is 11.2. The number of ether oxygens (including phenoxy) is 1. The molecule has 0 saturated carbocycles. The monoisotopic (exact) mass is 200 g/mol. The Morgan fingerprint density at radius 3 is 2.57 bits per heavy atom. The molecule has 0 aromatic heterocycles. The summed E-state index contributed by atoms with van der Waals surface area (Å²) < 4.78 is 4.88. The fraction of sp³-hybridized carbons (Fsp3) is 0.500. The van der Waals surface area contributed by atoms with E-state index in [9.17, 15) is 4.79 Å². The van der Waals surface area contributed by atoms with Crippen molar-refractivity contribution in [1.82, 2.24) is 0 Å². The molecular weight excluding hydrogens is 184 g/mol. The first kappa shape index (κ1) is 12.9. The van der Waals surface area contributed by atoms with Gasteiger partial charge in [-0.2, -0.15) is 0 Å². The molecule has 0 radical (unpaired) electrons. The lowest BCUT2D eigenvalue weighted by Crippen LogP contribution is -2.32. The van der Waals surface area contributed by atoms with Crippen LogP contribution in [0.2, 0.25) is 0 Å². The molecule has 0 aromatic carbocycles. The Hall–Kier alpha value is -1.13. The summed E-state index contributed by atoms with van der Waals surface area (Å²) in [5.74, 6) is -0.433. The number of esters is 1. The van der Waals surface area contributed by atoms with Crippen molar-refractivity contribution < 1.29 is 19.7 Å². The van der Waals surface area contributed by atoms with E-state index in [4.69, 9.17) is 9.99 Å². The molecule has 0 aliphatic carbocycles. The Labute approximate surface area is 83.8 Å². The van der Waals surface area contributed by atoms with Crippen molar-refractivity contribution in [2.24, 2.45) is 0 Å². The van der Waals surface area contributed by atoms with E-state index in [1.165, 1.54) is 6.08 Å². The number of rotatable bonds is 5. The van der Waals surface area contributed by atoms with Gasteiger partial charge in [-0.25, -0.2) is 9.68 Å². The van der Waals surface area contributed by atoms with Gasteiger partial charge in [0.2, 0.25) is 0 Å². The number of hydrogen-bond donors (Lipinski definition) is 1. The van der Waals surface area contributed by atoms with Crippen LogP contribution in [0.15, 0.2) is 24.3 Å². The van der Waals surface area contributed by atoms with Crippen LogP contribution in [0.25, 0.3) is 0 Å². The molecule has 0 aromatic rings. The molecule has 1 atom stereocenters. The fourth-order valence-electron chi connectivity index (χ4n) is 0.563. The molecule has 0 saturated heterocycles. The summed E-state index contributed by atoms with van der Waals surface area (Å²) in [5.41, 5.74) is -0.543. The van der Waals surface area contributed by atoms with Gasteiger partial charge in [-0.3, -0.25) is 5.26 Å². The minimum Gasteiger partial charge on any atom is -0.459 e. The maximum Gasteiger partial charge on any atom is 0.333 e. The predicted octanol–water partition coefficient (Wildman–Crippen LogP) is 1.93. The quantitative estimate of drug-likeness (QED) is 0.242. The molecule has 0 amide bonds. The van der Waals surface area contributed by atoms with Crippen molar-refractivity contribution >= 4 is 5.97 Å². The molecule has 80 valence electrons. The van der Waals surface area contributed by atoms with Crippen LogP contribution in [0.1, 0.15) is 20.8 Å². The van der Waals surface area contributed by atoms with Crippen molar-refractivity contribution in [1.29, 1.82) is 0 Å². The largest absolute Gasteiger partial charge is 0.459 e. The van der Waals surface area contributed by atoms with Gasteiger partial charge >= 0.3 is 5.97 Å². The van der Waals surface area contributed by atoms with E-state index in [1.807, 2.05) is 0 Å². The molecule has 1 N–H and O–H groups in total. The van der Waals surface area contributed by atoms with Crippen LogP contribution in [0.5, 0.6) is 0 Å². The number of hydrogen-bond acceptors (Lipinski definition) is 4. The molecule has 0 unspecified atom stereocenters. The summed E-state index contributed by atoms with van der Waals surface area (Å²) in [6, 6.07) is 0. The van der Waals surface area contributed by atoms with E-state index < -0.39 is 11.6 Å². The number of allylic oxidation sites excluding steroid dienone is 1. The zero-order valence-corrected chi connectivity index (χ0v) is 8.74. The van der Waals surface area contributed by atoms with Crippen LogP contribution < -0.4 is 0 Å². The van der Waals surface area contributed by atoms with E-state index in [0.717, 1.165) is 0 Å². The topological polar surface area (TPSA) is 55.8 Å². The molecule has 0 heterocycles. The lowest BCUT2D eigenvalue weighted by atomic mass is 10.1. The molecule has 0 fully saturated rings. The first-order chi connectivity index (χ1) is 6.49. The third-order valence-electron chi connectivity index (χ3n) is 1.89. The molecular formula is C10H16O4. The van der Waals surface area contributed by atoms with Crippen molar-refractivity contribution in [2.75, 3.05) is 6.61 Å². The van der Waals surface area contributed by atoms with E-state index >= 15 is 0 Å². The minimum absolute atomic E-state index is 0.0724. The molecule has 4 nitrogen and oxygen atoms in total. The van der Waals surface area contributed by atoms with Crippen LogP contribution in [-0.4, -0.2) is 23.4 Å². The summed E-state index contributed by atoms with van der Waals surface area (Å²) in [5, 5.41) is 8.52. The smallest absolute Gasteiger partial charge is 0.333 e. The maximum absolute atomic E-state index is 11.2. The van der Waals surface area contributed by atoms with Crippen LogP contribution in [-0.2, 0) is 14.4 Å². The van der Waals surface area contributed by atoms with Gasteiger partial charge in [-0.05, 0) is 20.8 Å². The highest BCUT2D eigenvalue weighted by Crippen LogP contribution is 2.11. The third-order valence-corrected chi connectivity index (χ3v) is 1.89. The van der Waals surface area contributed by atoms with Crippen molar-refractivity contribution in [2.45, 2.75) is 26.4 Å². The summed E-state index contributed by atoms with van der Waals surface area (Å²) in [4.78, 5) is 15.3. The van der Waals surface area contributed by atoms with Crippen LogP contribution >= 0.6 is 0 Å². The van der Waals surface area contributed by atoms with Gasteiger partial charge in [0.1, 0.15) is 6.61 Å². The molecule has 0 spiro atoms. The van der Waals surface area contributed by atoms with E-state index in [-0.39, 0.29) is 6.61 Å². The predicted molar refractivity (Wildman–Crippen MR) is 52.7 cm³/mol. The minimum atomic E-state index is -1.05. The second-order valence-electron chi connectivity index (χ2n) is 3.16. The zero-order chi connectivity index (χ0) is 11.2. The highest BCUT2D eigenvalue weighted by Gasteiger charge is 2.23. The lowest BCUT2D eigenvalue weighted by Gasteiger charge is -2.20. The standard InChI is InChI=1S/C10H16O4/c1-5-8(3)9(11)13-7-10(4,6-2)14-12/h5-6,12H,2,7H2,1,3-4H3/b8-5-/t10-/m1/s1. The Bertz CT molecular complexity index is 245. The van der Waals surface area contributed by atoms with Crippen LogP contribution in [0.4, 0.5) is 0 Å². The Morgan fingerprint density at radius 1 is 1.64 bits per heavy atom. The Morgan fingerprint density at radius 2 is 2.21 bits per heavy atom. The Kier molecular flexibility index (Phi) is 5.12. The first-order valence-electron chi connectivity index (χ1n) is 4.25. The van der Waals surface area contributed by atoms with Gasteiger partial charge < -0.3 is 4.74 Å². The fourth-order valence-corrected chi connectivity index (χ4v) is 0.563. The Balaban J connectivity index is 4.18. The van der Waals surface area contributed by atoms with E-state index in [1.54, 1.807) is 26.8 Å². The van der Waals surface area contributed by atoms with Crippen LogP contribution in [0, 0.1) is 0 Å². The third kappa shape index (κ3) is 3.72. The normalized spacial score (nSPS) is 15.9. The number of carbonyl (C=O) groups excluding carboxylic acids is 1. The van der Waals surface area contributed by atoms with Gasteiger partial charge in [-0.15, -0.1) is 0 Å². The van der Waals surface area contributed by atoms with Gasteiger partial charge in [0.25, 0.3) is 0 Å². The second-order valence-corrected chi connectivity index (χ2v) is 3.16. The molecule has 0 aliphatic heterocycles. The average molecular weight is 200 g/mol. The zero-order valence-electron chi connectivity index (χ0n) is 8.74. The SMILES string of the molecule is C=C[C@](C)(COC(=O)/C(C)=C\C)OO. The summed E-state index contributed by atoms with van der Waals surface area (Å²) in [6.07, 6.45) is 3.01. The van der Waals surface area contributed by atoms with Gasteiger partial charge in [-0.1, -0.05) is 18.7 Å². The van der Waals surface area contributed by atoms with E-state index in [2.05, 4.69) is 11.5 Å². The summed E-state index contributed by atoms with van der Waals surface area (Å²) in [6.45, 7) is 8.33.